The first-order chi connectivity index (χ1) is 9.78. The van der Waals surface area contributed by atoms with Crippen LogP contribution in [0, 0.1) is 0 Å². The SMILES string of the molecule is COc1ccc(NC(=O)c2cccc3cc[nH]c23)cn1. The predicted octanol–water partition coefficient (Wildman–Crippen LogP) is 2.82. The normalized spacial score (nSPS) is 10.4. The molecule has 2 aromatic heterocycles. The lowest BCUT2D eigenvalue weighted by Gasteiger charge is -2.06. The van der Waals surface area contributed by atoms with Gasteiger partial charge < -0.3 is 15.0 Å². The first-order valence-corrected chi connectivity index (χ1v) is 6.15. The highest BCUT2D eigenvalue weighted by atomic mass is 16.5. The Morgan fingerprint density at radius 1 is 1.25 bits per heavy atom. The summed E-state index contributed by atoms with van der Waals surface area (Å²) in [5, 5.41) is 3.82. The van der Waals surface area contributed by atoms with Gasteiger partial charge in [0.15, 0.2) is 0 Å². The van der Waals surface area contributed by atoms with Gasteiger partial charge in [-0.15, -0.1) is 0 Å². The molecule has 5 nitrogen and oxygen atoms in total. The van der Waals surface area contributed by atoms with Crippen molar-refractivity contribution in [2.45, 2.75) is 0 Å². The molecule has 1 amide bonds. The topological polar surface area (TPSA) is 67.0 Å². The molecule has 0 spiro atoms. The summed E-state index contributed by atoms with van der Waals surface area (Å²) in [4.78, 5) is 19.4. The van der Waals surface area contributed by atoms with E-state index >= 15 is 0 Å². The lowest BCUT2D eigenvalue weighted by atomic mass is 10.1. The van der Waals surface area contributed by atoms with E-state index in [1.807, 2.05) is 24.4 Å². The molecule has 3 aromatic rings. The van der Waals surface area contributed by atoms with Crippen molar-refractivity contribution in [2.75, 3.05) is 12.4 Å². The molecule has 0 saturated carbocycles. The van der Waals surface area contributed by atoms with Crippen molar-refractivity contribution in [1.82, 2.24) is 9.97 Å². The highest BCUT2D eigenvalue weighted by Crippen LogP contribution is 2.19. The second kappa shape index (κ2) is 5.05. The summed E-state index contributed by atoms with van der Waals surface area (Å²) in [5.74, 6) is 0.333. The van der Waals surface area contributed by atoms with E-state index in [1.165, 1.54) is 0 Å². The van der Waals surface area contributed by atoms with Crippen LogP contribution in [-0.4, -0.2) is 23.0 Å². The van der Waals surface area contributed by atoms with Crippen LogP contribution in [0.25, 0.3) is 10.9 Å². The summed E-state index contributed by atoms with van der Waals surface area (Å²) in [6, 6.07) is 11.0. The Bertz CT molecular complexity index is 747. The number of H-pyrrole nitrogens is 1. The van der Waals surface area contributed by atoms with Crippen LogP contribution in [0.3, 0.4) is 0 Å². The number of nitrogens with zero attached hydrogens (tertiary/aromatic N) is 1. The minimum absolute atomic E-state index is 0.176. The zero-order chi connectivity index (χ0) is 13.9. The molecule has 5 heteroatoms. The summed E-state index contributed by atoms with van der Waals surface area (Å²) in [7, 11) is 1.55. The molecule has 2 N–H and O–H groups in total. The van der Waals surface area contributed by atoms with Crippen molar-refractivity contribution in [3.05, 3.63) is 54.4 Å². The molecular formula is C15H13N3O2. The molecule has 0 aliphatic carbocycles. The number of carbonyl (C=O) groups is 1. The van der Waals surface area contributed by atoms with Crippen LogP contribution < -0.4 is 10.1 Å². The van der Waals surface area contributed by atoms with E-state index in [9.17, 15) is 4.79 Å². The summed E-state index contributed by atoms with van der Waals surface area (Å²) < 4.78 is 4.98. The lowest BCUT2D eigenvalue weighted by Crippen LogP contribution is -2.12. The van der Waals surface area contributed by atoms with Crippen molar-refractivity contribution in [2.24, 2.45) is 0 Å². The first kappa shape index (κ1) is 12.2. The van der Waals surface area contributed by atoms with E-state index in [0.29, 0.717) is 17.1 Å². The maximum Gasteiger partial charge on any atom is 0.257 e. The van der Waals surface area contributed by atoms with Gasteiger partial charge in [0, 0.05) is 17.6 Å². The van der Waals surface area contributed by atoms with Crippen molar-refractivity contribution in [3.8, 4) is 5.88 Å². The maximum atomic E-state index is 12.3. The van der Waals surface area contributed by atoms with E-state index in [0.717, 1.165) is 10.9 Å². The van der Waals surface area contributed by atoms with Crippen LogP contribution >= 0.6 is 0 Å². The molecule has 0 atom stereocenters. The Balaban J connectivity index is 1.87. The van der Waals surface area contributed by atoms with E-state index in [2.05, 4.69) is 15.3 Å². The number of amides is 1. The number of hydrogen-bond acceptors (Lipinski definition) is 3. The molecule has 0 fully saturated rings. The van der Waals surface area contributed by atoms with Crippen molar-refractivity contribution in [1.29, 1.82) is 0 Å². The molecule has 3 rings (SSSR count). The molecule has 0 aliphatic heterocycles. The standard InChI is InChI=1S/C15H13N3O2/c1-20-13-6-5-11(9-17-13)18-15(19)12-4-2-3-10-7-8-16-14(10)12/h2-9,16H,1H3,(H,18,19). The minimum atomic E-state index is -0.176. The zero-order valence-electron chi connectivity index (χ0n) is 10.9. The number of rotatable bonds is 3. The van der Waals surface area contributed by atoms with Crippen LogP contribution in [0.1, 0.15) is 10.4 Å². The third-order valence-electron chi connectivity index (χ3n) is 3.04. The molecule has 0 aliphatic rings. The predicted molar refractivity (Wildman–Crippen MR) is 77.0 cm³/mol. The number of carbonyl (C=O) groups excluding carboxylic acids is 1. The van der Waals surface area contributed by atoms with Crippen LogP contribution in [0.2, 0.25) is 0 Å². The van der Waals surface area contributed by atoms with Crippen LogP contribution in [0.15, 0.2) is 48.8 Å². The Morgan fingerprint density at radius 2 is 2.15 bits per heavy atom. The third-order valence-corrected chi connectivity index (χ3v) is 3.04. The van der Waals surface area contributed by atoms with E-state index in [4.69, 9.17) is 4.74 Å². The maximum absolute atomic E-state index is 12.3. The highest BCUT2D eigenvalue weighted by Gasteiger charge is 2.11. The Labute approximate surface area is 115 Å². The molecule has 20 heavy (non-hydrogen) atoms. The smallest absolute Gasteiger partial charge is 0.257 e. The second-order valence-corrected chi connectivity index (χ2v) is 4.29. The molecule has 0 radical (unpaired) electrons. The number of fused-ring (bicyclic) bond motifs is 1. The fraction of sp³-hybridized carbons (Fsp3) is 0.0667. The number of aromatic nitrogens is 2. The fourth-order valence-corrected chi connectivity index (χ4v) is 2.05. The minimum Gasteiger partial charge on any atom is -0.481 e. The summed E-state index contributed by atoms with van der Waals surface area (Å²) in [6.45, 7) is 0. The van der Waals surface area contributed by atoms with Gasteiger partial charge in [0.05, 0.1) is 30.1 Å². The van der Waals surface area contributed by atoms with E-state index < -0.39 is 0 Å². The van der Waals surface area contributed by atoms with Crippen LogP contribution in [0.4, 0.5) is 5.69 Å². The molecule has 0 bridgehead atoms. The number of hydrogen-bond donors (Lipinski definition) is 2. The molecule has 2 heterocycles. The van der Waals surface area contributed by atoms with Gasteiger partial charge in [-0.05, 0) is 18.2 Å². The van der Waals surface area contributed by atoms with Crippen LogP contribution in [-0.2, 0) is 0 Å². The number of methoxy groups -OCH3 is 1. The number of pyridine rings is 1. The van der Waals surface area contributed by atoms with Gasteiger partial charge in [0.1, 0.15) is 0 Å². The number of para-hydroxylation sites is 1. The van der Waals surface area contributed by atoms with Gasteiger partial charge in [-0.2, -0.15) is 0 Å². The molecule has 0 unspecified atom stereocenters. The van der Waals surface area contributed by atoms with Gasteiger partial charge in [0.2, 0.25) is 5.88 Å². The number of aromatic amines is 1. The van der Waals surface area contributed by atoms with Crippen molar-refractivity contribution in [3.63, 3.8) is 0 Å². The number of ether oxygens (including phenoxy) is 1. The van der Waals surface area contributed by atoms with Crippen molar-refractivity contribution < 1.29 is 9.53 Å². The third kappa shape index (κ3) is 2.21. The van der Waals surface area contributed by atoms with Gasteiger partial charge in [-0.3, -0.25) is 4.79 Å². The van der Waals surface area contributed by atoms with Gasteiger partial charge in [-0.1, -0.05) is 12.1 Å². The number of benzene rings is 1. The van der Waals surface area contributed by atoms with Gasteiger partial charge in [-0.25, -0.2) is 4.98 Å². The summed E-state index contributed by atoms with van der Waals surface area (Å²) in [5.41, 5.74) is 2.05. The Kier molecular flexibility index (Phi) is 3.09. The van der Waals surface area contributed by atoms with E-state index in [-0.39, 0.29) is 5.91 Å². The van der Waals surface area contributed by atoms with Gasteiger partial charge in [0.25, 0.3) is 5.91 Å². The van der Waals surface area contributed by atoms with Crippen LogP contribution in [0.5, 0.6) is 5.88 Å². The fourth-order valence-electron chi connectivity index (χ4n) is 2.05. The summed E-state index contributed by atoms with van der Waals surface area (Å²) in [6.07, 6.45) is 3.38. The zero-order valence-corrected chi connectivity index (χ0v) is 10.9. The monoisotopic (exact) mass is 267 g/mol. The molecular weight excluding hydrogens is 254 g/mol. The average molecular weight is 267 g/mol. The largest absolute Gasteiger partial charge is 0.481 e. The van der Waals surface area contributed by atoms with Crippen molar-refractivity contribution >= 4 is 22.5 Å². The number of anilines is 1. The lowest BCUT2D eigenvalue weighted by molar-refractivity contribution is 0.102. The Hall–Kier alpha value is -2.82. The molecule has 1 aromatic carbocycles. The quantitative estimate of drug-likeness (QED) is 0.766. The Morgan fingerprint density at radius 3 is 2.90 bits per heavy atom. The molecule has 100 valence electrons. The molecule has 0 saturated heterocycles. The average Bonchev–Trinajstić information content (AvgIpc) is 2.96. The highest BCUT2D eigenvalue weighted by molar-refractivity contribution is 6.11. The van der Waals surface area contributed by atoms with Gasteiger partial charge >= 0.3 is 0 Å². The summed E-state index contributed by atoms with van der Waals surface area (Å²) >= 11 is 0. The first-order valence-electron chi connectivity index (χ1n) is 6.15. The second-order valence-electron chi connectivity index (χ2n) is 4.29. The number of nitrogens with one attached hydrogen (secondary N) is 2. The van der Waals surface area contributed by atoms with E-state index in [1.54, 1.807) is 31.5 Å².